The van der Waals surface area contributed by atoms with Gasteiger partial charge in [0.15, 0.2) is 0 Å². The van der Waals surface area contributed by atoms with Crippen molar-refractivity contribution in [3.63, 3.8) is 0 Å². The van der Waals surface area contributed by atoms with Crippen LogP contribution < -0.4 is 0 Å². The van der Waals surface area contributed by atoms with Gasteiger partial charge in [-0.25, -0.2) is 0 Å². The highest BCUT2D eigenvalue weighted by atomic mass is 127. The van der Waals surface area contributed by atoms with Crippen molar-refractivity contribution in [2.24, 2.45) is 0 Å². The lowest BCUT2D eigenvalue weighted by Crippen LogP contribution is -2.04. The number of rotatable bonds is 2. The molecule has 0 spiro atoms. The third-order valence-corrected chi connectivity index (χ3v) is 4.32. The Morgan fingerprint density at radius 1 is 1.75 bits per heavy atom. The molecule has 0 aromatic carbocycles. The van der Waals surface area contributed by atoms with Gasteiger partial charge in [-0.3, -0.25) is 0 Å². The third-order valence-electron chi connectivity index (χ3n) is 1.36. The van der Waals surface area contributed by atoms with E-state index < -0.39 is 0 Å². The maximum Gasteiger partial charge on any atom is 0.0962 e. The SMILES string of the molecule is C[C@@H]1O[C@H]1[C@H](C)SI. The topological polar surface area (TPSA) is 12.5 Å². The number of halogens is 1. The molecule has 1 aliphatic rings. The molecule has 48 valence electrons. The zero-order valence-electron chi connectivity index (χ0n) is 4.93. The predicted molar refractivity (Wildman–Crippen MR) is 45.4 cm³/mol. The zero-order chi connectivity index (χ0) is 6.15. The molecular formula is C5H9IOS. The lowest BCUT2D eigenvalue weighted by molar-refractivity contribution is 0.378. The average molecular weight is 244 g/mol. The zero-order valence-corrected chi connectivity index (χ0v) is 7.90. The second-order valence-electron chi connectivity index (χ2n) is 2.10. The van der Waals surface area contributed by atoms with E-state index in [1.807, 2.05) is 8.93 Å². The van der Waals surface area contributed by atoms with Crippen molar-refractivity contribution in [2.45, 2.75) is 31.3 Å². The molecule has 1 nitrogen and oxygen atoms in total. The van der Waals surface area contributed by atoms with E-state index in [1.54, 1.807) is 0 Å². The second kappa shape index (κ2) is 2.75. The van der Waals surface area contributed by atoms with Crippen molar-refractivity contribution < 1.29 is 4.74 Å². The summed E-state index contributed by atoms with van der Waals surface area (Å²) in [4.78, 5) is 0. The molecule has 0 saturated carbocycles. The lowest BCUT2D eigenvalue weighted by atomic mass is 10.3. The summed E-state index contributed by atoms with van der Waals surface area (Å²) < 4.78 is 5.24. The number of epoxide rings is 1. The summed E-state index contributed by atoms with van der Waals surface area (Å²) in [6.45, 7) is 4.32. The quantitative estimate of drug-likeness (QED) is 0.545. The predicted octanol–water partition coefficient (Wildman–Crippen LogP) is 2.25. The third kappa shape index (κ3) is 1.51. The molecule has 1 saturated heterocycles. The molecule has 1 rings (SSSR count). The molecular weight excluding hydrogens is 235 g/mol. The Bertz CT molecular complexity index is 86.5. The fourth-order valence-electron chi connectivity index (χ4n) is 0.745. The van der Waals surface area contributed by atoms with Crippen LogP contribution in [-0.2, 0) is 4.74 Å². The molecule has 1 fully saturated rings. The summed E-state index contributed by atoms with van der Waals surface area (Å²) in [5.41, 5.74) is 0. The van der Waals surface area contributed by atoms with E-state index in [-0.39, 0.29) is 0 Å². The fraction of sp³-hybridized carbons (Fsp3) is 1.00. The lowest BCUT2D eigenvalue weighted by Gasteiger charge is -1.97. The molecule has 8 heavy (non-hydrogen) atoms. The van der Waals surface area contributed by atoms with Gasteiger partial charge in [-0.2, -0.15) is 0 Å². The molecule has 0 unspecified atom stereocenters. The van der Waals surface area contributed by atoms with Crippen molar-refractivity contribution in [1.29, 1.82) is 0 Å². The Morgan fingerprint density at radius 2 is 2.25 bits per heavy atom. The Kier molecular flexibility index (Phi) is 2.46. The first-order valence-electron chi connectivity index (χ1n) is 2.68. The van der Waals surface area contributed by atoms with Gasteiger partial charge in [-0.15, -0.1) is 0 Å². The molecule has 1 aliphatic heterocycles. The van der Waals surface area contributed by atoms with Crippen LogP contribution in [-0.4, -0.2) is 17.5 Å². The maximum absolute atomic E-state index is 5.24. The van der Waals surface area contributed by atoms with Crippen molar-refractivity contribution in [3.05, 3.63) is 0 Å². The summed E-state index contributed by atoms with van der Waals surface area (Å²) in [5.74, 6) is 0. The first kappa shape index (κ1) is 7.15. The number of hydrogen-bond acceptors (Lipinski definition) is 2. The van der Waals surface area contributed by atoms with Gasteiger partial charge < -0.3 is 4.74 Å². The van der Waals surface area contributed by atoms with Gasteiger partial charge in [-0.1, -0.05) is 8.93 Å². The van der Waals surface area contributed by atoms with E-state index in [0.717, 1.165) is 0 Å². The van der Waals surface area contributed by atoms with E-state index in [2.05, 4.69) is 35.1 Å². The minimum Gasteiger partial charge on any atom is -0.369 e. The summed E-state index contributed by atoms with van der Waals surface area (Å²) in [5, 5.41) is 0.672. The minimum atomic E-state index is 0.521. The van der Waals surface area contributed by atoms with Gasteiger partial charge >= 0.3 is 0 Å². The number of hydrogen-bond donors (Lipinski definition) is 0. The summed E-state index contributed by atoms with van der Waals surface area (Å²) in [6, 6.07) is 0. The standard InChI is InChI=1S/C5H9IOS/c1-3-5(7-3)4(2)8-6/h3-5H,1-2H3/t3-,4-,5+/m0/s1. The van der Waals surface area contributed by atoms with E-state index in [0.29, 0.717) is 17.5 Å². The highest BCUT2D eigenvalue weighted by molar-refractivity contribution is 14.2. The van der Waals surface area contributed by atoms with Crippen LogP contribution in [0.1, 0.15) is 13.8 Å². The largest absolute Gasteiger partial charge is 0.369 e. The highest BCUT2D eigenvalue weighted by Gasteiger charge is 2.38. The van der Waals surface area contributed by atoms with E-state index in [9.17, 15) is 0 Å². The van der Waals surface area contributed by atoms with Gasteiger partial charge in [0.05, 0.1) is 12.2 Å². The van der Waals surface area contributed by atoms with Crippen LogP contribution in [0.2, 0.25) is 0 Å². The molecule has 0 aromatic rings. The molecule has 0 amide bonds. The van der Waals surface area contributed by atoms with Gasteiger partial charge in [0.1, 0.15) is 0 Å². The Balaban J connectivity index is 2.18. The first-order valence-corrected chi connectivity index (χ1v) is 6.11. The maximum atomic E-state index is 5.24. The molecule has 0 radical (unpaired) electrons. The highest BCUT2D eigenvalue weighted by Crippen LogP contribution is 2.34. The van der Waals surface area contributed by atoms with Crippen molar-refractivity contribution >= 4 is 30.1 Å². The molecule has 0 aromatic heterocycles. The molecule has 1 heterocycles. The van der Waals surface area contributed by atoms with E-state index >= 15 is 0 Å². The summed E-state index contributed by atoms with van der Waals surface area (Å²) in [6.07, 6.45) is 1.06. The van der Waals surface area contributed by atoms with Crippen molar-refractivity contribution in [1.82, 2.24) is 0 Å². The molecule has 3 heteroatoms. The Labute approximate surface area is 66.1 Å². The number of ether oxygens (including phenoxy) is 1. The van der Waals surface area contributed by atoms with Crippen LogP contribution in [0.5, 0.6) is 0 Å². The van der Waals surface area contributed by atoms with Crippen LogP contribution in [0, 0.1) is 0 Å². The Hall–Kier alpha value is 1.04. The van der Waals surface area contributed by atoms with E-state index in [1.165, 1.54) is 0 Å². The molecule has 0 N–H and O–H groups in total. The molecule has 0 bridgehead atoms. The van der Waals surface area contributed by atoms with Gasteiger partial charge in [0.25, 0.3) is 0 Å². The average Bonchev–Trinajstić information content (AvgIpc) is 2.45. The molecule has 0 aliphatic carbocycles. The van der Waals surface area contributed by atoms with Gasteiger partial charge in [-0.05, 0) is 35.1 Å². The van der Waals surface area contributed by atoms with Crippen LogP contribution in [0.4, 0.5) is 0 Å². The van der Waals surface area contributed by atoms with Crippen LogP contribution in [0.15, 0.2) is 0 Å². The molecule has 3 atom stereocenters. The smallest absolute Gasteiger partial charge is 0.0962 e. The monoisotopic (exact) mass is 244 g/mol. The minimum absolute atomic E-state index is 0.521. The van der Waals surface area contributed by atoms with Crippen molar-refractivity contribution in [3.8, 4) is 0 Å². The van der Waals surface area contributed by atoms with Crippen LogP contribution in [0.25, 0.3) is 0 Å². The van der Waals surface area contributed by atoms with Crippen LogP contribution >= 0.6 is 30.1 Å². The first-order chi connectivity index (χ1) is 3.75. The fourth-order valence-corrected chi connectivity index (χ4v) is 2.00. The van der Waals surface area contributed by atoms with E-state index in [4.69, 9.17) is 4.74 Å². The van der Waals surface area contributed by atoms with Gasteiger partial charge in [0, 0.05) is 5.25 Å². The van der Waals surface area contributed by atoms with Crippen molar-refractivity contribution in [2.75, 3.05) is 0 Å². The summed E-state index contributed by atoms with van der Waals surface area (Å²) in [7, 11) is 1.84. The summed E-state index contributed by atoms with van der Waals surface area (Å²) >= 11 is 2.32. The second-order valence-corrected chi connectivity index (χ2v) is 4.55. The Morgan fingerprint density at radius 3 is 2.38 bits per heavy atom. The van der Waals surface area contributed by atoms with Gasteiger partial charge in [0.2, 0.25) is 0 Å². The normalized spacial score (nSPS) is 39.4. The van der Waals surface area contributed by atoms with Crippen LogP contribution in [0.3, 0.4) is 0 Å².